The highest BCUT2D eigenvalue weighted by Gasteiger charge is 2.31. The lowest BCUT2D eigenvalue weighted by Gasteiger charge is -2.14. The molecule has 2 aromatic carbocycles. The van der Waals surface area contributed by atoms with Crippen LogP contribution in [-0.2, 0) is 17.6 Å². The van der Waals surface area contributed by atoms with Gasteiger partial charge in [-0.05, 0) is 46.7 Å². The molecule has 1 heterocycles. The molecule has 1 aliphatic heterocycles. The average Bonchev–Trinajstić information content (AvgIpc) is 3.16. The van der Waals surface area contributed by atoms with E-state index in [0.29, 0.717) is 6.42 Å². The van der Waals surface area contributed by atoms with Gasteiger partial charge in [0.2, 0.25) is 0 Å². The summed E-state index contributed by atoms with van der Waals surface area (Å²) < 4.78 is 0. The van der Waals surface area contributed by atoms with Crippen LogP contribution in [0.25, 0.3) is 10.8 Å². The quantitative estimate of drug-likeness (QED) is 0.374. The summed E-state index contributed by atoms with van der Waals surface area (Å²) in [6.07, 6.45) is 2.96. The van der Waals surface area contributed by atoms with E-state index in [4.69, 9.17) is 5.84 Å². The SMILES string of the molecule is NNC(=O)C1CC(c2ccc3c4c(cccc24)CC3)NN1. The third-order valence-corrected chi connectivity index (χ3v) is 4.65. The van der Waals surface area contributed by atoms with E-state index >= 15 is 0 Å². The summed E-state index contributed by atoms with van der Waals surface area (Å²) in [6.45, 7) is 0. The maximum absolute atomic E-state index is 11.6. The molecular weight excluding hydrogens is 264 g/mol. The summed E-state index contributed by atoms with van der Waals surface area (Å²) in [5.74, 6) is 5.02. The first-order valence-electron chi connectivity index (χ1n) is 7.33. The molecule has 5 N–H and O–H groups in total. The second-order valence-corrected chi connectivity index (χ2v) is 5.79. The number of rotatable bonds is 2. The predicted molar refractivity (Wildman–Crippen MR) is 81.1 cm³/mol. The van der Waals surface area contributed by atoms with Gasteiger partial charge in [-0.3, -0.25) is 10.2 Å². The van der Waals surface area contributed by atoms with Crippen molar-refractivity contribution in [3.8, 4) is 0 Å². The van der Waals surface area contributed by atoms with Gasteiger partial charge in [-0.25, -0.2) is 16.7 Å². The zero-order valence-corrected chi connectivity index (χ0v) is 11.6. The normalized spacial score (nSPS) is 23.7. The van der Waals surface area contributed by atoms with Crippen molar-refractivity contribution >= 4 is 16.7 Å². The number of hydrogen-bond acceptors (Lipinski definition) is 4. The number of carbonyl (C=O) groups is 1. The third-order valence-electron chi connectivity index (χ3n) is 4.65. The zero-order chi connectivity index (χ0) is 14.4. The van der Waals surface area contributed by atoms with Crippen LogP contribution in [0.2, 0.25) is 0 Å². The molecule has 0 radical (unpaired) electrons. The van der Waals surface area contributed by atoms with Gasteiger partial charge in [-0.1, -0.05) is 30.3 Å². The Bertz CT molecular complexity index is 717. The van der Waals surface area contributed by atoms with Gasteiger partial charge in [0, 0.05) is 6.04 Å². The molecule has 2 aliphatic rings. The van der Waals surface area contributed by atoms with Gasteiger partial charge in [0.15, 0.2) is 0 Å². The number of aryl methyl sites for hydroxylation is 2. The Balaban J connectivity index is 1.74. The average molecular weight is 282 g/mol. The van der Waals surface area contributed by atoms with Gasteiger partial charge in [0.1, 0.15) is 6.04 Å². The van der Waals surface area contributed by atoms with Crippen LogP contribution in [-0.4, -0.2) is 11.9 Å². The van der Waals surface area contributed by atoms with Crippen LogP contribution in [0.5, 0.6) is 0 Å². The van der Waals surface area contributed by atoms with Crippen molar-refractivity contribution in [2.45, 2.75) is 31.3 Å². The molecule has 1 fully saturated rings. The first kappa shape index (κ1) is 12.8. The van der Waals surface area contributed by atoms with Gasteiger partial charge in [0.25, 0.3) is 5.91 Å². The molecule has 2 unspecified atom stereocenters. The zero-order valence-electron chi connectivity index (χ0n) is 11.6. The minimum atomic E-state index is -0.289. The van der Waals surface area contributed by atoms with Crippen molar-refractivity contribution in [3.63, 3.8) is 0 Å². The van der Waals surface area contributed by atoms with E-state index in [1.54, 1.807) is 0 Å². The molecule has 5 nitrogen and oxygen atoms in total. The molecule has 5 heteroatoms. The number of benzene rings is 2. The Morgan fingerprint density at radius 2 is 1.95 bits per heavy atom. The highest BCUT2D eigenvalue weighted by Crippen LogP contribution is 2.36. The van der Waals surface area contributed by atoms with E-state index < -0.39 is 0 Å². The largest absolute Gasteiger partial charge is 0.293 e. The Labute approximate surface area is 122 Å². The molecule has 0 bridgehead atoms. The number of carbonyl (C=O) groups excluding carboxylic acids is 1. The van der Waals surface area contributed by atoms with Crippen LogP contribution < -0.4 is 22.1 Å². The van der Waals surface area contributed by atoms with Crippen LogP contribution >= 0.6 is 0 Å². The summed E-state index contributed by atoms with van der Waals surface area (Å²) in [6, 6.07) is 10.8. The van der Waals surface area contributed by atoms with Crippen molar-refractivity contribution < 1.29 is 4.79 Å². The standard InChI is InChI=1S/C16H18N4O/c17-18-16(21)14-8-13(19-20-14)11-7-6-10-5-4-9-2-1-3-12(11)15(9)10/h1-3,6-7,13-14,19-20H,4-5,8,17H2,(H,18,21). The Kier molecular flexibility index (Phi) is 2.92. The summed E-state index contributed by atoms with van der Waals surface area (Å²) in [4.78, 5) is 11.6. The molecule has 21 heavy (non-hydrogen) atoms. The number of hydrogen-bond donors (Lipinski definition) is 4. The molecule has 108 valence electrons. The molecule has 1 aliphatic carbocycles. The van der Waals surface area contributed by atoms with Gasteiger partial charge in [0.05, 0.1) is 0 Å². The number of nitrogens with two attached hydrogens (primary N) is 1. The fraction of sp³-hybridized carbons (Fsp3) is 0.312. The van der Waals surface area contributed by atoms with E-state index in [9.17, 15) is 4.79 Å². The lowest BCUT2D eigenvalue weighted by atomic mass is 9.93. The van der Waals surface area contributed by atoms with Crippen molar-refractivity contribution in [1.29, 1.82) is 0 Å². The smallest absolute Gasteiger partial charge is 0.252 e. The van der Waals surface area contributed by atoms with E-state index in [2.05, 4.69) is 46.6 Å². The summed E-state index contributed by atoms with van der Waals surface area (Å²) in [5.41, 5.74) is 12.6. The van der Waals surface area contributed by atoms with Gasteiger partial charge in [-0.2, -0.15) is 0 Å². The first-order valence-corrected chi connectivity index (χ1v) is 7.33. The van der Waals surface area contributed by atoms with E-state index in [1.807, 2.05) is 0 Å². The molecular formula is C16H18N4O. The number of amides is 1. The third kappa shape index (κ3) is 1.93. The number of nitrogens with one attached hydrogen (secondary N) is 3. The summed E-state index contributed by atoms with van der Waals surface area (Å²) in [7, 11) is 0. The van der Waals surface area contributed by atoms with Crippen molar-refractivity contribution in [1.82, 2.24) is 16.3 Å². The molecule has 0 saturated carbocycles. The van der Waals surface area contributed by atoms with Crippen molar-refractivity contribution in [2.24, 2.45) is 5.84 Å². The Morgan fingerprint density at radius 3 is 2.76 bits per heavy atom. The fourth-order valence-electron chi connectivity index (χ4n) is 3.61. The van der Waals surface area contributed by atoms with Crippen LogP contribution in [0.3, 0.4) is 0 Å². The van der Waals surface area contributed by atoms with Crippen LogP contribution in [0.15, 0.2) is 30.3 Å². The molecule has 4 rings (SSSR count). The monoisotopic (exact) mass is 282 g/mol. The highest BCUT2D eigenvalue weighted by atomic mass is 16.2. The summed E-state index contributed by atoms with van der Waals surface area (Å²) >= 11 is 0. The minimum absolute atomic E-state index is 0.122. The molecule has 0 aromatic heterocycles. The van der Waals surface area contributed by atoms with E-state index in [-0.39, 0.29) is 18.0 Å². The van der Waals surface area contributed by atoms with Crippen LogP contribution in [0, 0.1) is 0 Å². The van der Waals surface area contributed by atoms with E-state index in [0.717, 1.165) is 12.8 Å². The topological polar surface area (TPSA) is 79.2 Å². The van der Waals surface area contributed by atoms with E-state index in [1.165, 1.54) is 27.5 Å². The van der Waals surface area contributed by atoms with Gasteiger partial charge >= 0.3 is 0 Å². The van der Waals surface area contributed by atoms with Gasteiger partial charge in [-0.15, -0.1) is 0 Å². The predicted octanol–water partition coefficient (Wildman–Crippen LogP) is 0.836. The second kappa shape index (κ2) is 4.80. The Morgan fingerprint density at radius 1 is 1.14 bits per heavy atom. The van der Waals surface area contributed by atoms with Crippen LogP contribution in [0.1, 0.15) is 29.2 Å². The molecule has 2 aromatic rings. The molecule has 1 amide bonds. The maximum Gasteiger partial charge on any atom is 0.252 e. The van der Waals surface area contributed by atoms with Gasteiger partial charge < -0.3 is 0 Å². The fourth-order valence-corrected chi connectivity index (χ4v) is 3.61. The molecule has 0 spiro atoms. The Hall–Kier alpha value is -1.95. The van der Waals surface area contributed by atoms with Crippen molar-refractivity contribution in [2.75, 3.05) is 0 Å². The lowest BCUT2D eigenvalue weighted by Crippen LogP contribution is -2.45. The maximum atomic E-state index is 11.6. The minimum Gasteiger partial charge on any atom is -0.293 e. The highest BCUT2D eigenvalue weighted by molar-refractivity contribution is 5.93. The molecule has 2 atom stereocenters. The molecule has 1 saturated heterocycles. The second-order valence-electron chi connectivity index (χ2n) is 5.79. The number of hydrazine groups is 2. The van der Waals surface area contributed by atoms with Crippen molar-refractivity contribution in [3.05, 3.63) is 47.0 Å². The summed E-state index contributed by atoms with van der Waals surface area (Å²) in [5, 5.41) is 2.71. The first-order chi connectivity index (χ1) is 10.3. The lowest BCUT2D eigenvalue weighted by molar-refractivity contribution is -0.122. The van der Waals surface area contributed by atoms with Crippen LogP contribution in [0.4, 0.5) is 0 Å².